The van der Waals surface area contributed by atoms with Crippen molar-refractivity contribution in [1.29, 1.82) is 0 Å². The molecule has 39 heavy (non-hydrogen) atoms. The number of piperidine rings is 1. The summed E-state index contributed by atoms with van der Waals surface area (Å²) in [4.78, 5) is 44.7. The number of fused-ring (bicyclic) bond motifs is 1. The van der Waals surface area contributed by atoms with Gasteiger partial charge in [-0.05, 0) is 55.9 Å². The van der Waals surface area contributed by atoms with E-state index in [1.54, 1.807) is 23.1 Å². The van der Waals surface area contributed by atoms with Crippen molar-refractivity contribution in [3.8, 4) is 0 Å². The molecule has 1 aromatic carbocycles. The predicted octanol–water partition coefficient (Wildman–Crippen LogP) is 5.33. The zero-order valence-electron chi connectivity index (χ0n) is 22.5. The van der Waals surface area contributed by atoms with Crippen molar-refractivity contribution >= 4 is 52.7 Å². The molecule has 0 bridgehead atoms. The average Bonchev–Trinajstić information content (AvgIpc) is 3.47. The van der Waals surface area contributed by atoms with Crippen LogP contribution in [0.15, 0.2) is 30.0 Å². The second kappa shape index (κ2) is 12.0. The smallest absolute Gasteiger partial charge is 0.320 e. The van der Waals surface area contributed by atoms with Gasteiger partial charge in [0.2, 0.25) is 11.8 Å². The number of amides is 2. The average molecular weight is 596 g/mol. The zero-order chi connectivity index (χ0) is 27.7. The number of nitrogens with zero attached hydrogens (tertiary/aromatic N) is 2. The molecule has 1 aromatic rings. The molecule has 0 unspecified atom stereocenters. The van der Waals surface area contributed by atoms with E-state index < -0.39 is 23.4 Å². The number of likely N-dealkylation sites (tertiary alicyclic amines) is 1. The Bertz CT molecular complexity index is 1150. The Balaban J connectivity index is 1.56. The number of esters is 1. The first-order valence-electron chi connectivity index (χ1n) is 13.8. The van der Waals surface area contributed by atoms with Gasteiger partial charge in [-0.3, -0.25) is 14.4 Å². The monoisotopic (exact) mass is 594 g/mol. The topological polar surface area (TPSA) is 76.2 Å². The molecule has 7 nitrogen and oxygen atoms in total. The predicted molar refractivity (Wildman–Crippen MR) is 152 cm³/mol. The van der Waals surface area contributed by atoms with Crippen LogP contribution in [0.1, 0.15) is 51.0 Å². The number of carbonyl (C=O) groups is 3. The van der Waals surface area contributed by atoms with E-state index in [2.05, 4.69) is 0 Å². The van der Waals surface area contributed by atoms with Crippen LogP contribution in [-0.2, 0) is 30.4 Å². The minimum atomic E-state index is -1.21. The maximum atomic E-state index is 14.2. The SMILES string of the molecule is COC(=O)[C@@]12C[C@H](CC(=O)N3CCSCC3)C(=O)N(Cc3ccc(Cl)cc3Cl)C1=C[C@@H](C1CCCC1)O[C@H]2C. The third kappa shape index (κ3) is 5.59. The van der Waals surface area contributed by atoms with Crippen LogP contribution in [-0.4, -0.2) is 71.5 Å². The summed E-state index contributed by atoms with van der Waals surface area (Å²) in [5, 5.41) is 0.942. The normalized spacial score (nSPS) is 29.7. The van der Waals surface area contributed by atoms with Crippen LogP contribution >= 0.6 is 35.0 Å². The van der Waals surface area contributed by atoms with Gasteiger partial charge in [-0.15, -0.1) is 0 Å². The van der Waals surface area contributed by atoms with Gasteiger partial charge in [0.05, 0.1) is 25.9 Å². The summed E-state index contributed by atoms with van der Waals surface area (Å²) in [6, 6.07) is 5.19. The Morgan fingerprint density at radius 1 is 1.18 bits per heavy atom. The lowest BCUT2D eigenvalue weighted by Gasteiger charge is -2.52. The molecule has 2 amide bonds. The Kier molecular flexibility index (Phi) is 8.86. The van der Waals surface area contributed by atoms with Crippen molar-refractivity contribution in [2.45, 2.75) is 64.2 Å². The maximum absolute atomic E-state index is 14.2. The van der Waals surface area contributed by atoms with Crippen LogP contribution in [0.3, 0.4) is 0 Å². The molecule has 1 saturated carbocycles. The van der Waals surface area contributed by atoms with Crippen LogP contribution in [0, 0.1) is 17.3 Å². The summed E-state index contributed by atoms with van der Waals surface area (Å²) < 4.78 is 11.9. The third-order valence-electron chi connectivity index (χ3n) is 8.85. The number of methoxy groups -OCH3 is 1. The van der Waals surface area contributed by atoms with Gasteiger partial charge < -0.3 is 19.3 Å². The summed E-state index contributed by atoms with van der Waals surface area (Å²) >= 11 is 14.5. The molecule has 3 fully saturated rings. The van der Waals surface area contributed by atoms with Gasteiger partial charge in [-0.1, -0.05) is 42.1 Å². The van der Waals surface area contributed by atoms with E-state index in [0.717, 1.165) is 37.2 Å². The van der Waals surface area contributed by atoms with E-state index in [4.69, 9.17) is 32.7 Å². The molecule has 0 N–H and O–H groups in total. The number of rotatable bonds is 6. The van der Waals surface area contributed by atoms with Gasteiger partial charge in [0.25, 0.3) is 0 Å². The molecule has 4 aliphatic rings. The highest BCUT2D eigenvalue weighted by Gasteiger charge is 2.60. The van der Waals surface area contributed by atoms with Crippen molar-refractivity contribution in [3.63, 3.8) is 0 Å². The molecule has 2 saturated heterocycles. The maximum Gasteiger partial charge on any atom is 0.320 e. The Morgan fingerprint density at radius 2 is 1.90 bits per heavy atom. The van der Waals surface area contributed by atoms with Crippen molar-refractivity contribution in [1.82, 2.24) is 9.80 Å². The lowest BCUT2D eigenvalue weighted by atomic mass is 9.66. The Morgan fingerprint density at radius 3 is 2.56 bits per heavy atom. The molecule has 4 atom stereocenters. The van der Waals surface area contributed by atoms with Gasteiger partial charge in [-0.25, -0.2) is 0 Å². The first kappa shape index (κ1) is 28.8. The number of hydrogen-bond acceptors (Lipinski definition) is 6. The molecular formula is C29H36Cl2N2O5S. The summed E-state index contributed by atoms with van der Waals surface area (Å²) in [6.45, 7) is 3.40. The second-order valence-corrected chi connectivity index (χ2v) is 13.1. The summed E-state index contributed by atoms with van der Waals surface area (Å²) in [5.74, 6) is 0.740. The van der Waals surface area contributed by atoms with Gasteiger partial charge in [0.1, 0.15) is 5.41 Å². The second-order valence-electron chi connectivity index (χ2n) is 11.1. The highest BCUT2D eigenvalue weighted by molar-refractivity contribution is 7.99. The zero-order valence-corrected chi connectivity index (χ0v) is 24.8. The van der Waals surface area contributed by atoms with Crippen molar-refractivity contribution in [3.05, 3.63) is 45.6 Å². The molecule has 1 aliphatic carbocycles. The number of thioether (sulfide) groups is 1. The number of carbonyl (C=O) groups excluding carboxylic acids is 3. The molecule has 0 aromatic heterocycles. The standard InChI is InChI=1S/C29H36Cl2N2O5S/c1-18-29(28(36)37-2)16-21(13-26(34)32-9-11-39-12-10-32)27(35)33(17-20-7-8-22(30)14-23(20)31)25(29)15-24(38-18)19-5-3-4-6-19/h7-8,14-15,18-19,21,24H,3-6,9-13,16-17H2,1-2H3/t18-,21-,24-,29+/m0/s1. The number of hydrogen-bond donors (Lipinski definition) is 0. The molecule has 3 heterocycles. The molecule has 0 spiro atoms. The molecule has 212 valence electrons. The fraction of sp³-hybridized carbons (Fsp3) is 0.621. The van der Waals surface area contributed by atoms with E-state index >= 15 is 0 Å². The third-order valence-corrected chi connectivity index (χ3v) is 10.4. The highest BCUT2D eigenvalue weighted by atomic mass is 35.5. The van der Waals surface area contributed by atoms with Crippen LogP contribution in [0.5, 0.6) is 0 Å². The number of benzene rings is 1. The van der Waals surface area contributed by atoms with E-state index in [-0.39, 0.29) is 37.3 Å². The largest absolute Gasteiger partial charge is 0.468 e. The van der Waals surface area contributed by atoms with Crippen molar-refractivity contribution in [2.75, 3.05) is 31.7 Å². The van der Waals surface area contributed by atoms with Gasteiger partial charge >= 0.3 is 5.97 Å². The molecular weight excluding hydrogens is 559 g/mol. The van der Waals surface area contributed by atoms with Gasteiger partial charge in [0.15, 0.2) is 0 Å². The van der Waals surface area contributed by atoms with Crippen LogP contribution in [0.2, 0.25) is 10.0 Å². The van der Waals surface area contributed by atoms with Crippen molar-refractivity contribution in [2.24, 2.45) is 17.3 Å². The fourth-order valence-corrected chi connectivity index (χ4v) is 8.06. The van der Waals surface area contributed by atoms with E-state index in [1.165, 1.54) is 7.11 Å². The van der Waals surface area contributed by atoms with E-state index in [0.29, 0.717) is 40.3 Å². The fourth-order valence-electron chi connectivity index (χ4n) is 6.68. The van der Waals surface area contributed by atoms with E-state index in [9.17, 15) is 14.4 Å². The first-order chi connectivity index (χ1) is 18.7. The molecule has 5 rings (SSSR count). The number of halogens is 2. The number of ether oxygens (including phenoxy) is 2. The molecule has 10 heteroatoms. The minimum Gasteiger partial charge on any atom is -0.468 e. The summed E-state index contributed by atoms with van der Waals surface area (Å²) in [6.07, 6.45) is 5.85. The Labute approximate surface area is 244 Å². The lowest BCUT2D eigenvalue weighted by Crippen LogP contribution is -2.60. The van der Waals surface area contributed by atoms with E-state index in [1.807, 2.05) is 29.7 Å². The molecule has 0 radical (unpaired) electrons. The minimum absolute atomic E-state index is 0.0408. The quantitative estimate of drug-likeness (QED) is 0.414. The van der Waals surface area contributed by atoms with Gasteiger partial charge in [0, 0.05) is 52.7 Å². The Hall–Kier alpha value is -1.74. The first-order valence-corrected chi connectivity index (χ1v) is 15.7. The molecule has 3 aliphatic heterocycles. The summed E-state index contributed by atoms with van der Waals surface area (Å²) in [5.41, 5.74) is 0.115. The summed E-state index contributed by atoms with van der Waals surface area (Å²) in [7, 11) is 1.37. The van der Waals surface area contributed by atoms with Crippen molar-refractivity contribution < 1.29 is 23.9 Å². The highest BCUT2D eigenvalue weighted by Crippen LogP contribution is 2.52. The van der Waals surface area contributed by atoms with Gasteiger partial charge in [-0.2, -0.15) is 11.8 Å². The van der Waals surface area contributed by atoms with Crippen LogP contribution in [0.4, 0.5) is 0 Å². The van der Waals surface area contributed by atoms with Crippen LogP contribution in [0.25, 0.3) is 0 Å². The van der Waals surface area contributed by atoms with Crippen LogP contribution < -0.4 is 0 Å². The lowest BCUT2D eigenvalue weighted by molar-refractivity contribution is -0.178.